The fraction of sp³-hybridized carbons (Fsp3) is 0.529. The van der Waals surface area contributed by atoms with Crippen molar-refractivity contribution in [3.63, 3.8) is 0 Å². The molecule has 1 aromatic rings. The molecule has 0 heterocycles. The van der Waals surface area contributed by atoms with Gasteiger partial charge in [-0.15, -0.1) is 0 Å². The Balaban J connectivity index is 2.05. The van der Waals surface area contributed by atoms with Crippen molar-refractivity contribution in [3.05, 3.63) is 47.5 Å². The summed E-state index contributed by atoms with van der Waals surface area (Å²) in [7, 11) is 0. The standard InChI is InChI=1S/C17H25N/c1-3-5-13-18(12-4-2)17-11-10-15-8-6-7-9-16(15)14-17/h3,5-9,17H,4,10-14H2,1-2H3/b5-3+. The van der Waals surface area contributed by atoms with Gasteiger partial charge in [-0.2, -0.15) is 0 Å². The highest BCUT2D eigenvalue weighted by atomic mass is 15.1. The van der Waals surface area contributed by atoms with E-state index in [4.69, 9.17) is 0 Å². The number of hydrogen-bond donors (Lipinski definition) is 0. The van der Waals surface area contributed by atoms with Crippen molar-refractivity contribution >= 4 is 0 Å². The van der Waals surface area contributed by atoms with Crippen molar-refractivity contribution in [2.24, 2.45) is 0 Å². The molecule has 2 rings (SSSR count). The molecule has 0 spiro atoms. The van der Waals surface area contributed by atoms with Crippen LogP contribution in [0.1, 0.15) is 37.8 Å². The summed E-state index contributed by atoms with van der Waals surface area (Å²) in [6.07, 6.45) is 9.49. The molecule has 0 aliphatic heterocycles. The molecule has 1 heteroatoms. The van der Waals surface area contributed by atoms with E-state index in [2.05, 4.69) is 55.2 Å². The van der Waals surface area contributed by atoms with Crippen LogP contribution in [0.4, 0.5) is 0 Å². The predicted octanol–water partition coefficient (Wildman–Crippen LogP) is 3.83. The molecule has 0 radical (unpaired) electrons. The molecular formula is C17H25N. The zero-order valence-corrected chi connectivity index (χ0v) is 11.7. The summed E-state index contributed by atoms with van der Waals surface area (Å²) in [6.45, 7) is 6.72. The Morgan fingerprint density at radius 1 is 1.28 bits per heavy atom. The Morgan fingerprint density at radius 3 is 2.78 bits per heavy atom. The third-order valence-corrected chi connectivity index (χ3v) is 3.92. The van der Waals surface area contributed by atoms with Crippen molar-refractivity contribution in [1.29, 1.82) is 0 Å². The number of nitrogens with zero attached hydrogens (tertiary/aromatic N) is 1. The number of aryl methyl sites for hydroxylation is 1. The molecule has 0 fully saturated rings. The van der Waals surface area contributed by atoms with Gasteiger partial charge in [0.25, 0.3) is 0 Å². The lowest BCUT2D eigenvalue weighted by Crippen LogP contribution is -2.40. The van der Waals surface area contributed by atoms with E-state index < -0.39 is 0 Å². The van der Waals surface area contributed by atoms with Gasteiger partial charge < -0.3 is 0 Å². The van der Waals surface area contributed by atoms with Gasteiger partial charge in [0.15, 0.2) is 0 Å². The maximum absolute atomic E-state index is 2.65. The molecule has 1 unspecified atom stereocenters. The molecule has 1 aliphatic rings. The molecule has 1 atom stereocenters. The lowest BCUT2D eigenvalue weighted by molar-refractivity contribution is 0.199. The van der Waals surface area contributed by atoms with Gasteiger partial charge in [-0.05, 0) is 50.3 Å². The molecule has 0 saturated carbocycles. The Bertz CT molecular complexity index is 394. The van der Waals surface area contributed by atoms with Crippen LogP contribution in [-0.4, -0.2) is 24.0 Å². The van der Waals surface area contributed by atoms with E-state index in [1.807, 2.05) is 0 Å². The zero-order chi connectivity index (χ0) is 12.8. The number of allylic oxidation sites excluding steroid dienone is 1. The molecule has 0 saturated heterocycles. The lowest BCUT2D eigenvalue weighted by Gasteiger charge is -2.34. The molecule has 1 nitrogen and oxygen atoms in total. The highest BCUT2D eigenvalue weighted by Crippen LogP contribution is 2.24. The van der Waals surface area contributed by atoms with Gasteiger partial charge in [0, 0.05) is 12.6 Å². The number of fused-ring (bicyclic) bond motifs is 1. The molecule has 98 valence electrons. The first-order valence-corrected chi connectivity index (χ1v) is 7.27. The minimum Gasteiger partial charge on any atom is -0.296 e. The minimum absolute atomic E-state index is 0.732. The van der Waals surface area contributed by atoms with Crippen molar-refractivity contribution in [1.82, 2.24) is 4.90 Å². The fourth-order valence-corrected chi connectivity index (χ4v) is 2.94. The molecular weight excluding hydrogens is 218 g/mol. The second kappa shape index (κ2) is 6.75. The number of hydrogen-bond acceptors (Lipinski definition) is 1. The van der Waals surface area contributed by atoms with Crippen LogP contribution in [0, 0.1) is 0 Å². The highest BCUT2D eigenvalue weighted by Gasteiger charge is 2.22. The Labute approximate surface area is 112 Å². The number of benzene rings is 1. The summed E-state index contributed by atoms with van der Waals surface area (Å²) in [6, 6.07) is 9.68. The molecule has 0 aromatic heterocycles. The van der Waals surface area contributed by atoms with Crippen LogP contribution >= 0.6 is 0 Å². The van der Waals surface area contributed by atoms with Gasteiger partial charge in [0.2, 0.25) is 0 Å². The largest absolute Gasteiger partial charge is 0.296 e. The first-order chi connectivity index (χ1) is 8.85. The van der Waals surface area contributed by atoms with Crippen molar-refractivity contribution in [2.45, 2.75) is 45.6 Å². The Kier molecular flexibility index (Phi) is 5.00. The molecule has 18 heavy (non-hydrogen) atoms. The summed E-state index contributed by atoms with van der Waals surface area (Å²) >= 11 is 0. The van der Waals surface area contributed by atoms with Gasteiger partial charge in [0.05, 0.1) is 0 Å². The molecule has 0 amide bonds. The monoisotopic (exact) mass is 243 g/mol. The van der Waals surface area contributed by atoms with Gasteiger partial charge in [-0.1, -0.05) is 43.3 Å². The third-order valence-electron chi connectivity index (χ3n) is 3.92. The first kappa shape index (κ1) is 13.4. The number of rotatable bonds is 5. The average molecular weight is 243 g/mol. The van der Waals surface area contributed by atoms with Gasteiger partial charge >= 0.3 is 0 Å². The van der Waals surface area contributed by atoms with Crippen LogP contribution < -0.4 is 0 Å². The highest BCUT2D eigenvalue weighted by molar-refractivity contribution is 5.30. The predicted molar refractivity (Wildman–Crippen MR) is 78.9 cm³/mol. The maximum Gasteiger partial charge on any atom is 0.0166 e. The normalized spacial score (nSPS) is 19.4. The fourth-order valence-electron chi connectivity index (χ4n) is 2.94. The summed E-state index contributed by atoms with van der Waals surface area (Å²) in [5, 5.41) is 0. The van der Waals surface area contributed by atoms with Gasteiger partial charge in [-0.25, -0.2) is 0 Å². The van der Waals surface area contributed by atoms with Crippen LogP contribution in [0.3, 0.4) is 0 Å². The quantitative estimate of drug-likeness (QED) is 0.710. The van der Waals surface area contributed by atoms with E-state index in [-0.39, 0.29) is 0 Å². The third kappa shape index (κ3) is 3.23. The minimum atomic E-state index is 0.732. The second-order valence-corrected chi connectivity index (χ2v) is 5.23. The Hall–Kier alpha value is -1.08. The summed E-state index contributed by atoms with van der Waals surface area (Å²) < 4.78 is 0. The van der Waals surface area contributed by atoms with Crippen molar-refractivity contribution in [3.8, 4) is 0 Å². The average Bonchev–Trinajstić information content (AvgIpc) is 2.43. The zero-order valence-electron chi connectivity index (χ0n) is 11.7. The van der Waals surface area contributed by atoms with Crippen molar-refractivity contribution in [2.75, 3.05) is 13.1 Å². The van der Waals surface area contributed by atoms with E-state index in [1.165, 1.54) is 32.2 Å². The smallest absolute Gasteiger partial charge is 0.0166 e. The summed E-state index contributed by atoms with van der Waals surface area (Å²) in [5.41, 5.74) is 3.13. The molecule has 0 bridgehead atoms. The van der Waals surface area contributed by atoms with E-state index in [9.17, 15) is 0 Å². The molecule has 1 aliphatic carbocycles. The van der Waals surface area contributed by atoms with E-state index in [1.54, 1.807) is 11.1 Å². The maximum atomic E-state index is 2.65. The van der Waals surface area contributed by atoms with Gasteiger partial charge in [0.1, 0.15) is 0 Å². The van der Waals surface area contributed by atoms with Crippen LogP contribution in [-0.2, 0) is 12.8 Å². The second-order valence-electron chi connectivity index (χ2n) is 5.23. The van der Waals surface area contributed by atoms with Crippen LogP contribution in [0.25, 0.3) is 0 Å². The van der Waals surface area contributed by atoms with Crippen LogP contribution in [0.15, 0.2) is 36.4 Å². The van der Waals surface area contributed by atoms with E-state index >= 15 is 0 Å². The lowest BCUT2D eigenvalue weighted by atomic mass is 9.87. The summed E-state index contributed by atoms with van der Waals surface area (Å²) in [5.74, 6) is 0. The summed E-state index contributed by atoms with van der Waals surface area (Å²) in [4.78, 5) is 2.65. The topological polar surface area (TPSA) is 3.24 Å². The van der Waals surface area contributed by atoms with E-state index in [0.717, 1.165) is 12.6 Å². The van der Waals surface area contributed by atoms with Crippen LogP contribution in [0.5, 0.6) is 0 Å². The van der Waals surface area contributed by atoms with Crippen molar-refractivity contribution < 1.29 is 0 Å². The Morgan fingerprint density at radius 2 is 2.06 bits per heavy atom. The van der Waals surface area contributed by atoms with Gasteiger partial charge in [-0.3, -0.25) is 4.90 Å². The van der Waals surface area contributed by atoms with Crippen LogP contribution in [0.2, 0.25) is 0 Å². The SMILES string of the molecule is C/C=C/CN(CCC)C1CCc2ccccc2C1. The molecule has 1 aromatic carbocycles. The first-order valence-electron chi connectivity index (χ1n) is 7.27. The molecule has 0 N–H and O–H groups in total. The van der Waals surface area contributed by atoms with E-state index in [0.29, 0.717) is 0 Å².